The molecule has 0 aliphatic heterocycles. The SMILES string of the molecule is Cc1c(C)c2c3c(cccc3c1C#N)CC2c1ccccc1. The van der Waals surface area contributed by atoms with Crippen LogP contribution >= 0.6 is 0 Å². The molecule has 0 spiro atoms. The van der Waals surface area contributed by atoms with Crippen molar-refractivity contribution in [3.8, 4) is 6.07 Å². The Bertz CT molecular complexity index is 930. The third-order valence-corrected chi connectivity index (χ3v) is 5.12. The van der Waals surface area contributed by atoms with Crippen LogP contribution in [-0.2, 0) is 6.42 Å². The van der Waals surface area contributed by atoms with Crippen LogP contribution in [0.25, 0.3) is 10.8 Å². The van der Waals surface area contributed by atoms with E-state index in [0.717, 1.165) is 22.9 Å². The molecule has 0 fully saturated rings. The summed E-state index contributed by atoms with van der Waals surface area (Å²) in [5, 5.41) is 12.0. The van der Waals surface area contributed by atoms with Crippen LogP contribution in [-0.4, -0.2) is 0 Å². The zero-order valence-corrected chi connectivity index (χ0v) is 12.9. The third-order valence-electron chi connectivity index (χ3n) is 5.12. The number of nitrogens with zero attached hydrogens (tertiary/aromatic N) is 1. The molecule has 1 aliphatic rings. The molecule has 0 bridgehead atoms. The van der Waals surface area contributed by atoms with Crippen LogP contribution in [0.3, 0.4) is 0 Å². The van der Waals surface area contributed by atoms with Gasteiger partial charge in [-0.05, 0) is 53.5 Å². The Hall–Kier alpha value is -2.59. The normalized spacial score (nSPS) is 16.0. The van der Waals surface area contributed by atoms with Crippen molar-refractivity contribution < 1.29 is 0 Å². The minimum Gasteiger partial charge on any atom is -0.192 e. The van der Waals surface area contributed by atoms with Crippen molar-refractivity contribution in [1.29, 1.82) is 5.26 Å². The molecule has 106 valence electrons. The molecule has 3 aromatic rings. The molecule has 0 heterocycles. The number of hydrogen-bond donors (Lipinski definition) is 0. The van der Waals surface area contributed by atoms with E-state index < -0.39 is 0 Å². The molecule has 0 aromatic heterocycles. The first-order valence-electron chi connectivity index (χ1n) is 7.72. The van der Waals surface area contributed by atoms with Crippen LogP contribution < -0.4 is 0 Å². The molecular formula is C21H17N. The van der Waals surface area contributed by atoms with Crippen LogP contribution in [0.4, 0.5) is 0 Å². The van der Waals surface area contributed by atoms with Gasteiger partial charge in [-0.25, -0.2) is 0 Å². The Kier molecular flexibility index (Phi) is 2.81. The van der Waals surface area contributed by atoms with Crippen LogP contribution in [0.2, 0.25) is 0 Å². The molecule has 3 aromatic carbocycles. The summed E-state index contributed by atoms with van der Waals surface area (Å²) in [6, 6.07) is 19.5. The van der Waals surface area contributed by atoms with E-state index in [1.54, 1.807) is 0 Å². The van der Waals surface area contributed by atoms with Gasteiger partial charge < -0.3 is 0 Å². The fourth-order valence-electron chi connectivity index (χ4n) is 3.95. The van der Waals surface area contributed by atoms with Crippen molar-refractivity contribution in [2.24, 2.45) is 0 Å². The van der Waals surface area contributed by atoms with E-state index in [2.05, 4.69) is 68.4 Å². The average molecular weight is 283 g/mol. The van der Waals surface area contributed by atoms with E-state index in [1.807, 2.05) is 0 Å². The number of nitriles is 1. The molecule has 0 amide bonds. The van der Waals surface area contributed by atoms with Gasteiger partial charge in [0.2, 0.25) is 0 Å². The van der Waals surface area contributed by atoms with Crippen molar-refractivity contribution in [2.75, 3.05) is 0 Å². The summed E-state index contributed by atoms with van der Waals surface area (Å²) in [5.41, 5.74) is 7.42. The van der Waals surface area contributed by atoms with E-state index in [9.17, 15) is 5.26 Å². The van der Waals surface area contributed by atoms with Crippen molar-refractivity contribution in [3.05, 3.63) is 81.9 Å². The molecule has 0 saturated carbocycles. The van der Waals surface area contributed by atoms with Gasteiger partial charge in [-0.2, -0.15) is 5.26 Å². The van der Waals surface area contributed by atoms with Gasteiger partial charge in [0.25, 0.3) is 0 Å². The van der Waals surface area contributed by atoms with Crippen LogP contribution in [0, 0.1) is 25.2 Å². The highest BCUT2D eigenvalue weighted by Crippen LogP contribution is 2.45. The Morgan fingerprint density at radius 1 is 0.955 bits per heavy atom. The lowest BCUT2D eigenvalue weighted by molar-refractivity contribution is 0.840. The van der Waals surface area contributed by atoms with E-state index in [-0.39, 0.29) is 0 Å². The monoisotopic (exact) mass is 283 g/mol. The topological polar surface area (TPSA) is 23.8 Å². The summed E-state index contributed by atoms with van der Waals surface area (Å²) < 4.78 is 0. The number of hydrogen-bond acceptors (Lipinski definition) is 1. The molecule has 1 atom stereocenters. The summed E-state index contributed by atoms with van der Waals surface area (Å²) >= 11 is 0. The summed E-state index contributed by atoms with van der Waals surface area (Å²) in [4.78, 5) is 0. The third kappa shape index (κ3) is 1.64. The fourth-order valence-corrected chi connectivity index (χ4v) is 3.95. The Morgan fingerprint density at radius 3 is 2.45 bits per heavy atom. The Balaban J connectivity index is 2.10. The van der Waals surface area contributed by atoms with Crippen LogP contribution in [0.5, 0.6) is 0 Å². The molecular weight excluding hydrogens is 266 g/mol. The van der Waals surface area contributed by atoms with Gasteiger partial charge in [-0.15, -0.1) is 0 Å². The maximum Gasteiger partial charge on any atom is 0.100 e. The van der Waals surface area contributed by atoms with Crippen molar-refractivity contribution in [1.82, 2.24) is 0 Å². The zero-order valence-electron chi connectivity index (χ0n) is 12.9. The molecule has 1 nitrogen and oxygen atoms in total. The first kappa shape index (κ1) is 13.1. The zero-order chi connectivity index (χ0) is 15.3. The summed E-state index contributed by atoms with van der Waals surface area (Å²) in [6.07, 6.45) is 1.03. The second kappa shape index (κ2) is 4.71. The minimum absolute atomic E-state index is 0.410. The summed E-state index contributed by atoms with van der Waals surface area (Å²) in [6.45, 7) is 4.25. The quantitative estimate of drug-likeness (QED) is 0.615. The predicted octanol–water partition coefficient (Wildman–Crippen LogP) is 5.02. The van der Waals surface area contributed by atoms with E-state index in [1.165, 1.54) is 27.6 Å². The number of rotatable bonds is 1. The molecule has 1 unspecified atom stereocenters. The lowest BCUT2D eigenvalue weighted by Gasteiger charge is -2.17. The Morgan fingerprint density at radius 2 is 1.73 bits per heavy atom. The van der Waals surface area contributed by atoms with Gasteiger partial charge in [0.15, 0.2) is 0 Å². The van der Waals surface area contributed by atoms with E-state index >= 15 is 0 Å². The lowest BCUT2D eigenvalue weighted by Crippen LogP contribution is -2.02. The maximum atomic E-state index is 9.58. The van der Waals surface area contributed by atoms with Gasteiger partial charge in [0.05, 0.1) is 5.56 Å². The summed E-state index contributed by atoms with van der Waals surface area (Å²) in [7, 11) is 0. The van der Waals surface area contributed by atoms with Crippen molar-refractivity contribution >= 4 is 10.8 Å². The smallest absolute Gasteiger partial charge is 0.100 e. The first-order chi connectivity index (χ1) is 10.7. The first-order valence-corrected chi connectivity index (χ1v) is 7.72. The molecule has 0 N–H and O–H groups in total. The molecule has 1 heteroatoms. The second-order valence-electron chi connectivity index (χ2n) is 6.16. The highest BCUT2D eigenvalue weighted by Gasteiger charge is 2.29. The van der Waals surface area contributed by atoms with Crippen molar-refractivity contribution in [2.45, 2.75) is 26.2 Å². The van der Waals surface area contributed by atoms with Crippen molar-refractivity contribution in [3.63, 3.8) is 0 Å². The van der Waals surface area contributed by atoms with Gasteiger partial charge in [-0.3, -0.25) is 0 Å². The Labute approximate surface area is 130 Å². The molecule has 4 rings (SSSR count). The highest BCUT2D eigenvalue weighted by atomic mass is 14.3. The standard InChI is InChI=1S/C21H17N/c1-13-14(2)20-18(15-7-4-3-5-8-15)11-16-9-6-10-17(21(16)20)19(13)12-22/h3-10,18H,11H2,1-2H3. The fraction of sp³-hybridized carbons (Fsp3) is 0.190. The molecule has 1 aliphatic carbocycles. The maximum absolute atomic E-state index is 9.58. The largest absolute Gasteiger partial charge is 0.192 e. The van der Waals surface area contributed by atoms with Gasteiger partial charge in [0, 0.05) is 11.3 Å². The lowest BCUT2D eigenvalue weighted by atomic mass is 9.85. The van der Waals surface area contributed by atoms with Gasteiger partial charge in [-0.1, -0.05) is 48.5 Å². The van der Waals surface area contributed by atoms with Gasteiger partial charge >= 0.3 is 0 Å². The minimum atomic E-state index is 0.410. The summed E-state index contributed by atoms with van der Waals surface area (Å²) in [5.74, 6) is 0.410. The average Bonchev–Trinajstić information content (AvgIpc) is 2.95. The van der Waals surface area contributed by atoms with Crippen LogP contribution in [0.15, 0.2) is 48.5 Å². The molecule has 0 saturated heterocycles. The molecule has 0 radical (unpaired) electrons. The van der Waals surface area contributed by atoms with Gasteiger partial charge in [0.1, 0.15) is 6.07 Å². The molecule has 22 heavy (non-hydrogen) atoms. The highest BCUT2D eigenvalue weighted by molar-refractivity contribution is 5.98. The van der Waals surface area contributed by atoms with Crippen LogP contribution in [0.1, 0.15) is 39.3 Å². The van der Waals surface area contributed by atoms with E-state index in [4.69, 9.17) is 0 Å². The predicted molar refractivity (Wildman–Crippen MR) is 90.1 cm³/mol. The number of benzene rings is 3. The second-order valence-corrected chi connectivity index (χ2v) is 6.16. The van der Waals surface area contributed by atoms with E-state index in [0.29, 0.717) is 5.92 Å².